The molecule has 0 aliphatic carbocycles. The number of hydrogen-bond donors (Lipinski definition) is 4. The third kappa shape index (κ3) is 9.72. The number of nitrogens with one attached hydrogen (secondary N) is 1. The lowest BCUT2D eigenvalue weighted by Crippen LogP contribution is -2.52. The smallest absolute Gasteiger partial charge is 0.326 e. The van der Waals surface area contributed by atoms with Crippen molar-refractivity contribution in [3.8, 4) is 34.4 Å². The van der Waals surface area contributed by atoms with Crippen LogP contribution < -0.4 is 19.5 Å². The number of carboxylic acid groups (broad SMARTS) is 1. The number of benzene rings is 3. The predicted octanol–water partition coefficient (Wildman–Crippen LogP) is 6.15. The number of rotatable bonds is 17. The van der Waals surface area contributed by atoms with Gasteiger partial charge in [-0.25, -0.2) is 0 Å². The molecule has 274 valence electrons. The van der Waals surface area contributed by atoms with Gasteiger partial charge in [-0.2, -0.15) is 5.26 Å². The number of hydrogen-bond acceptors (Lipinski definition) is 10. The minimum absolute atomic E-state index is 0.0163. The van der Waals surface area contributed by atoms with Crippen molar-refractivity contribution >= 4 is 29.2 Å². The lowest BCUT2D eigenvalue weighted by molar-refractivity contribution is -0.145. The minimum Gasteiger partial charge on any atom is -0.492 e. The number of ether oxygens (including phenoxy) is 3. The first-order valence-corrected chi connectivity index (χ1v) is 17.7. The van der Waals surface area contributed by atoms with Gasteiger partial charge in [0.15, 0.2) is 0 Å². The van der Waals surface area contributed by atoms with Gasteiger partial charge in [-0.05, 0) is 61.6 Å². The number of nitrogens with zero attached hydrogens (tertiary/aromatic N) is 3. The first kappa shape index (κ1) is 38.8. The zero-order chi connectivity index (χ0) is 37.3. The summed E-state index contributed by atoms with van der Waals surface area (Å²) in [6.07, 6.45) is 4.43. The quantitative estimate of drug-likeness (QED) is 0.0918. The maximum Gasteiger partial charge on any atom is 0.326 e. The summed E-state index contributed by atoms with van der Waals surface area (Å²) in [5.41, 5.74) is 3.60. The summed E-state index contributed by atoms with van der Waals surface area (Å²) < 4.78 is 18.5. The van der Waals surface area contributed by atoms with Crippen molar-refractivity contribution in [3.63, 3.8) is 0 Å². The second kappa shape index (κ2) is 17.9. The highest BCUT2D eigenvalue weighted by Gasteiger charge is 2.32. The van der Waals surface area contributed by atoms with Crippen molar-refractivity contribution in [1.29, 1.82) is 5.26 Å². The number of carbonyl (C=O) groups is 1. The van der Waals surface area contributed by atoms with Gasteiger partial charge in [-0.15, -0.1) is 0 Å². The summed E-state index contributed by atoms with van der Waals surface area (Å²) in [5, 5.41) is 42.1. The Kier molecular flexibility index (Phi) is 13.3. The Bertz CT molecular complexity index is 1920. The number of aliphatic carboxylic acids is 1. The number of halogens is 2. The van der Waals surface area contributed by atoms with Gasteiger partial charge in [-0.3, -0.25) is 15.1 Å². The molecule has 0 saturated carbocycles. The number of aliphatic hydroxyl groups excluding tert-OH is 2. The number of pyridine rings is 1. The first-order valence-electron chi connectivity index (χ1n) is 16.9. The highest BCUT2D eigenvalue weighted by molar-refractivity contribution is 6.35. The van der Waals surface area contributed by atoms with Gasteiger partial charge in [0.2, 0.25) is 0 Å². The van der Waals surface area contributed by atoms with E-state index in [1.165, 1.54) is 13.1 Å². The molecule has 0 bridgehead atoms. The minimum atomic E-state index is -1.60. The van der Waals surface area contributed by atoms with Gasteiger partial charge in [0.25, 0.3) is 0 Å². The molecule has 1 aromatic heterocycles. The average Bonchev–Trinajstić information content (AvgIpc) is 3.57. The van der Waals surface area contributed by atoms with E-state index in [1.54, 1.807) is 24.4 Å². The summed E-state index contributed by atoms with van der Waals surface area (Å²) in [7, 11) is 0. The number of likely N-dealkylation sites (tertiary alicyclic amines) is 1. The van der Waals surface area contributed by atoms with E-state index in [1.807, 2.05) is 43.3 Å². The van der Waals surface area contributed by atoms with Gasteiger partial charge in [-0.1, -0.05) is 53.5 Å². The van der Waals surface area contributed by atoms with E-state index in [0.29, 0.717) is 52.1 Å². The molecule has 2 atom stereocenters. The van der Waals surface area contributed by atoms with Crippen LogP contribution in [0, 0.1) is 18.3 Å². The topological polar surface area (TPSA) is 157 Å². The highest BCUT2D eigenvalue weighted by Crippen LogP contribution is 2.39. The Labute approximate surface area is 313 Å². The Morgan fingerprint density at radius 3 is 2.54 bits per heavy atom. The molecule has 0 spiro atoms. The zero-order valence-electron chi connectivity index (χ0n) is 29.1. The monoisotopic (exact) mass is 748 g/mol. The fourth-order valence-corrected chi connectivity index (χ4v) is 6.36. The molecule has 11 nitrogen and oxygen atoms in total. The molecule has 0 amide bonds. The van der Waals surface area contributed by atoms with Crippen LogP contribution in [0.15, 0.2) is 67.0 Å². The molecule has 0 unspecified atom stereocenters. The Morgan fingerprint density at radius 2 is 1.81 bits per heavy atom. The number of aromatic nitrogens is 1. The number of aliphatic hydroxyl groups is 2. The van der Waals surface area contributed by atoms with E-state index in [0.717, 1.165) is 48.2 Å². The standard InChI is InChI=1S/C39H42Cl2N4O7/c1-25-28(6-3-7-31(25)32-8-4-9-34(37(32)41)50-13-5-11-45-12-10-30(47)21-45)23-52-36-16-35(51-22-27-14-26(17-42)18-43-19-27)29(15-33(36)40)20-44-39(2,24-46)38(48)49/h3-4,6-9,14-16,18-19,30,44,46-47H,5,10-13,20-24H2,1-2H3,(H,48,49)/t30-,39-/m1/s1. The van der Waals surface area contributed by atoms with Crippen LogP contribution in [0.25, 0.3) is 11.1 Å². The van der Waals surface area contributed by atoms with Gasteiger partial charge >= 0.3 is 5.97 Å². The van der Waals surface area contributed by atoms with Crippen LogP contribution in [0.5, 0.6) is 17.2 Å². The van der Waals surface area contributed by atoms with E-state index in [4.69, 9.17) is 37.4 Å². The van der Waals surface area contributed by atoms with Gasteiger partial charge in [0.1, 0.15) is 42.1 Å². The number of nitriles is 1. The van der Waals surface area contributed by atoms with Crippen LogP contribution >= 0.6 is 23.2 Å². The zero-order valence-corrected chi connectivity index (χ0v) is 30.6. The normalized spacial score (nSPS) is 15.5. The van der Waals surface area contributed by atoms with Crippen LogP contribution in [0.4, 0.5) is 0 Å². The Balaban J connectivity index is 1.32. The predicted molar refractivity (Wildman–Crippen MR) is 198 cm³/mol. The summed E-state index contributed by atoms with van der Waals surface area (Å²) in [4.78, 5) is 18.1. The molecule has 5 rings (SSSR count). The van der Waals surface area contributed by atoms with Crippen molar-refractivity contribution in [2.45, 2.75) is 58.1 Å². The van der Waals surface area contributed by atoms with Crippen LogP contribution in [-0.2, 0) is 24.6 Å². The molecule has 13 heteroatoms. The molecule has 0 radical (unpaired) electrons. The fraction of sp³-hybridized carbons (Fsp3) is 0.359. The Morgan fingerprint density at radius 1 is 1.04 bits per heavy atom. The lowest BCUT2D eigenvalue weighted by Gasteiger charge is -2.25. The summed E-state index contributed by atoms with van der Waals surface area (Å²) in [5.74, 6) is 0.103. The maximum absolute atomic E-state index is 11.8. The molecule has 4 aromatic rings. The third-order valence-electron chi connectivity index (χ3n) is 9.10. The van der Waals surface area contributed by atoms with Crippen LogP contribution in [-0.4, -0.2) is 75.7 Å². The lowest BCUT2D eigenvalue weighted by atomic mass is 9.96. The number of carboxylic acids is 1. The van der Waals surface area contributed by atoms with E-state index in [9.17, 15) is 25.4 Å². The molecule has 52 heavy (non-hydrogen) atoms. The summed E-state index contributed by atoms with van der Waals surface area (Å²) in [6, 6.07) is 18.6. The van der Waals surface area contributed by atoms with Gasteiger partial charge < -0.3 is 34.4 Å². The van der Waals surface area contributed by atoms with Crippen molar-refractivity contribution in [3.05, 3.63) is 105 Å². The van der Waals surface area contributed by atoms with E-state index in [2.05, 4.69) is 21.3 Å². The van der Waals surface area contributed by atoms with Gasteiger partial charge in [0.05, 0.1) is 34.9 Å². The van der Waals surface area contributed by atoms with Crippen molar-refractivity contribution < 1.29 is 34.3 Å². The fourth-order valence-electron chi connectivity index (χ4n) is 5.84. The van der Waals surface area contributed by atoms with Crippen molar-refractivity contribution in [1.82, 2.24) is 15.2 Å². The largest absolute Gasteiger partial charge is 0.492 e. The van der Waals surface area contributed by atoms with Crippen LogP contribution in [0.3, 0.4) is 0 Å². The molecule has 4 N–H and O–H groups in total. The highest BCUT2D eigenvalue weighted by atomic mass is 35.5. The summed E-state index contributed by atoms with van der Waals surface area (Å²) >= 11 is 13.6. The molecule has 3 aromatic carbocycles. The first-order chi connectivity index (χ1) is 25.0. The second-order valence-corrected chi connectivity index (χ2v) is 13.7. The van der Waals surface area contributed by atoms with E-state index in [-0.39, 0.29) is 30.9 Å². The van der Waals surface area contributed by atoms with E-state index < -0.39 is 18.1 Å². The average molecular weight is 750 g/mol. The molecule has 1 fully saturated rings. The van der Waals surface area contributed by atoms with Gasteiger partial charge in [0, 0.05) is 61.3 Å². The van der Waals surface area contributed by atoms with Crippen LogP contribution in [0.1, 0.15) is 47.6 Å². The third-order valence-corrected chi connectivity index (χ3v) is 9.78. The molecule has 1 saturated heterocycles. The molecule has 1 aliphatic rings. The molecular weight excluding hydrogens is 707 g/mol. The molecule has 2 heterocycles. The molecular formula is C39H42Cl2N4O7. The van der Waals surface area contributed by atoms with Crippen molar-refractivity contribution in [2.75, 3.05) is 32.8 Å². The SMILES string of the molecule is Cc1c(COc2cc(OCc3cncc(C#N)c3)c(CN[C@](C)(CO)C(=O)O)cc2Cl)cccc1-c1cccc(OCCCN2CC[C@@H](O)C2)c1Cl. The van der Waals surface area contributed by atoms with Crippen LogP contribution in [0.2, 0.25) is 10.0 Å². The number of β-amino-alcohol motifs (C(OH)–C–C–N with tert-alkyl or cyclic N) is 1. The molecule has 1 aliphatic heterocycles. The van der Waals surface area contributed by atoms with E-state index >= 15 is 0 Å². The second-order valence-electron chi connectivity index (χ2n) is 13.0. The maximum atomic E-state index is 11.8. The summed E-state index contributed by atoms with van der Waals surface area (Å²) in [6.45, 7) is 5.97. The van der Waals surface area contributed by atoms with Crippen molar-refractivity contribution in [2.24, 2.45) is 0 Å². The Hall–Kier alpha value is -4.41.